The van der Waals surface area contributed by atoms with Gasteiger partial charge in [0.05, 0.1) is 10.7 Å². The summed E-state index contributed by atoms with van der Waals surface area (Å²) in [6.07, 6.45) is 1.89. The molecule has 1 aromatic heterocycles. The van der Waals surface area contributed by atoms with Gasteiger partial charge in [0.25, 0.3) is 0 Å². The van der Waals surface area contributed by atoms with Crippen molar-refractivity contribution in [2.24, 2.45) is 0 Å². The van der Waals surface area contributed by atoms with E-state index in [4.69, 9.17) is 17.3 Å². The number of nitrogen functional groups attached to an aromatic ring is 1. The zero-order valence-electron chi connectivity index (χ0n) is 8.01. The maximum absolute atomic E-state index is 6.03. The highest BCUT2D eigenvalue weighted by Gasteiger charge is 2.09. The molecule has 0 spiro atoms. The van der Waals surface area contributed by atoms with E-state index in [0.717, 1.165) is 5.69 Å². The van der Waals surface area contributed by atoms with Crippen molar-refractivity contribution in [1.82, 2.24) is 14.8 Å². The number of para-hydroxylation sites is 1. The van der Waals surface area contributed by atoms with Crippen LogP contribution in [-0.2, 0) is 0 Å². The molecule has 4 nitrogen and oxygen atoms in total. The lowest BCUT2D eigenvalue weighted by Gasteiger charge is -2.03. The van der Waals surface area contributed by atoms with E-state index in [9.17, 15) is 0 Å². The number of nitrogens with zero attached hydrogens (tertiary/aromatic N) is 3. The van der Waals surface area contributed by atoms with Gasteiger partial charge in [-0.3, -0.25) is 0 Å². The smallest absolute Gasteiger partial charge is 0.224 e. The lowest BCUT2D eigenvalue weighted by molar-refractivity contribution is 0.842. The van der Waals surface area contributed by atoms with Crippen molar-refractivity contribution in [3.63, 3.8) is 0 Å². The fraction of sp³-hybridized carbons (Fsp3) is 0.111. The number of hydrogen-bond acceptors (Lipinski definition) is 4. The Morgan fingerprint density at radius 1 is 1.40 bits per heavy atom. The van der Waals surface area contributed by atoms with Crippen LogP contribution in [-0.4, -0.2) is 21.0 Å². The number of hydrogen-bond donors (Lipinski definition) is 1. The maximum Gasteiger partial charge on any atom is 0.224 e. The van der Waals surface area contributed by atoms with Crippen LogP contribution in [0.3, 0.4) is 0 Å². The van der Waals surface area contributed by atoms with E-state index < -0.39 is 0 Å². The van der Waals surface area contributed by atoms with Crippen molar-refractivity contribution in [1.29, 1.82) is 0 Å². The molecule has 0 radical (unpaired) electrons. The normalized spacial score (nSPS) is 10.5. The van der Waals surface area contributed by atoms with Crippen LogP contribution in [0.1, 0.15) is 0 Å². The van der Waals surface area contributed by atoms with Gasteiger partial charge in [-0.25, -0.2) is 0 Å². The first-order valence-corrected chi connectivity index (χ1v) is 5.84. The topological polar surface area (TPSA) is 56.7 Å². The second-order valence-electron chi connectivity index (χ2n) is 2.82. The molecule has 6 heteroatoms. The summed E-state index contributed by atoms with van der Waals surface area (Å²) in [5, 5.41) is 5.45. The molecule has 2 N–H and O–H groups in total. The third-order valence-corrected chi connectivity index (χ3v) is 2.73. The fourth-order valence-electron chi connectivity index (χ4n) is 1.19. The fourth-order valence-corrected chi connectivity index (χ4v) is 1.76. The number of halogens is 1. The largest absolute Gasteiger partial charge is 0.368 e. The standard InChI is InChI=1S/C9H9ClN4S/c1-15-9-12-8(11)14(13-9)7-5-3-2-4-6(7)10/h2-5H,1H3,(H2,11,12,13). The monoisotopic (exact) mass is 240 g/mol. The van der Waals surface area contributed by atoms with Crippen molar-refractivity contribution < 1.29 is 0 Å². The highest BCUT2D eigenvalue weighted by atomic mass is 35.5. The first-order valence-electron chi connectivity index (χ1n) is 4.24. The van der Waals surface area contributed by atoms with E-state index in [2.05, 4.69) is 10.1 Å². The Morgan fingerprint density at radius 3 is 2.73 bits per heavy atom. The Bertz CT molecular complexity index is 483. The Balaban J connectivity index is 2.54. The van der Waals surface area contributed by atoms with Gasteiger partial charge in [0, 0.05) is 0 Å². The Morgan fingerprint density at radius 2 is 2.13 bits per heavy atom. The van der Waals surface area contributed by atoms with Gasteiger partial charge in [0.2, 0.25) is 11.1 Å². The third-order valence-electron chi connectivity index (χ3n) is 1.88. The summed E-state index contributed by atoms with van der Waals surface area (Å²) in [5.41, 5.74) is 6.48. The van der Waals surface area contributed by atoms with E-state index >= 15 is 0 Å². The maximum atomic E-state index is 6.03. The molecule has 1 heterocycles. The Kier molecular flexibility index (Phi) is 2.83. The predicted molar refractivity (Wildman–Crippen MR) is 62.6 cm³/mol. The zero-order valence-corrected chi connectivity index (χ0v) is 9.59. The van der Waals surface area contributed by atoms with Gasteiger partial charge in [-0.2, -0.15) is 9.67 Å². The minimum Gasteiger partial charge on any atom is -0.368 e. The van der Waals surface area contributed by atoms with Gasteiger partial charge in [0.15, 0.2) is 0 Å². The molecule has 78 valence electrons. The lowest BCUT2D eigenvalue weighted by Crippen LogP contribution is -2.02. The number of thioether (sulfide) groups is 1. The van der Waals surface area contributed by atoms with Crippen LogP contribution in [0, 0.1) is 0 Å². The van der Waals surface area contributed by atoms with Gasteiger partial charge in [0.1, 0.15) is 0 Å². The van der Waals surface area contributed by atoms with Gasteiger partial charge >= 0.3 is 0 Å². The zero-order chi connectivity index (χ0) is 10.8. The summed E-state index contributed by atoms with van der Waals surface area (Å²) in [4.78, 5) is 4.08. The molecular formula is C9H9ClN4S. The van der Waals surface area contributed by atoms with E-state index in [1.165, 1.54) is 16.4 Å². The van der Waals surface area contributed by atoms with Crippen molar-refractivity contribution in [3.05, 3.63) is 29.3 Å². The highest BCUT2D eigenvalue weighted by Crippen LogP contribution is 2.22. The van der Waals surface area contributed by atoms with Crippen molar-refractivity contribution in [2.45, 2.75) is 5.16 Å². The number of nitrogens with two attached hydrogens (primary N) is 1. The second kappa shape index (κ2) is 4.12. The molecule has 0 aliphatic heterocycles. The van der Waals surface area contributed by atoms with E-state index in [1.807, 2.05) is 24.5 Å². The van der Waals surface area contributed by atoms with Crippen LogP contribution in [0.5, 0.6) is 0 Å². The molecule has 1 aromatic carbocycles. The SMILES string of the molecule is CSc1nc(N)n(-c2ccccc2Cl)n1. The van der Waals surface area contributed by atoms with Crippen LogP contribution in [0.4, 0.5) is 5.95 Å². The van der Waals surface area contributed by atoms with Crippen molar-refractivity contribution in [3.8, 4) is 5.69 Å². The summed E-state index contributed by atoms with van der Waals surface area (Å²) in [6.45, 7) is 0. The highest BCUT2D eigenvalue weighted by molar-refractivity contribution is 7.98. The van der Waals surface area contributed by atoms with Gasteiger partial charge in [-0.05, 0) is 18.4 Å². The van der Waals surface area contributed by atoms with E-state index in [0.29, 0.717) is 16.1 Å². The summed E-state index contributed by atoms with van der Waals surface area (Å²) >= 11 is 7.47. The van der Waals surface area contributed by atoms with E-state index in [-0.39, 0.29) is 0 Å². The molecule has 0 amide bonds. The van der Waals surface area contributed by atoms with Crippen LogP contribution >= 0.6 is 23.4 Å². The van der Waals surface area contributed by atoms with Crippen LogP contribution in [0.2, 0.25) is 5.02 Å². The summed E-state index contributed by atoms with van der Waals surface area (Å²) in [7, 11) is 0. The molecular weight excluding hydrogens is 232 g/mol. The number of anilines is 1. The van der Waals surface area contributed by atoms with Crippen LogP contribution in [0.25, 0.3) is 5.69 Å². The molecule has 0 saturated carbocycles. The first-order chi connectivity index (χ1) is 7.22. The molecule has 0 fully saturated rings. The summed E-state index contributed by atoms with van der Waals surface area (Å²) < 4.78 is 1.54. The molecule has 0 aliphatic carbocycles. The number of rotatable bonds is 2. The minimum absolute atomic E-state index is 0.340. The summed E-state index contributed by atoms with van der Waals surface area (Å²) in [5.74, 6) is 0.340. The molecule has 0 atom stereocenters. The number of benzene rings is 1. The average Bonchev–Trinajstić information content (AvgIpc) is 2.60. The molecule has 2 rings (SSSR count). The molecule has 0 aliphatic rings. The van der Waals surface area contributed by atoms with E-state index in [1.54, 1.807) is 6.07 Å². The third kappa shape index (κ3) is 1.93. The Labute approximate surface area is 96.4 Å². The van der Waals surface area contributed by atoms with Gasteiger partial charge in [-0.1, -0.05) is 35.5 Å². The van der Waals surface area contributed by atoms with Crippen molar-refractivity contribution in [2.75, 3.05) is 12.0 Å². The molecule has 0 unspecified atom stereocenters. The molecule has 2 aromatic rings. The molecule has 0 bridgehead atoms. The lowest BCUT2D eigenvalue weighted by atomic mass is 10.3. The van der Waals surface area contributed by atoms with Gasteiger partial charge in [-0.15, -0.1) is 5.10 Å². The summed E-state index contributed by atoms with van der Waals surface area (Å²) in [6, 6.07) is 7.36. The van der Waals surface area contributed by atoms with Gasteiger partial charge < -0.3 is 5.73 Å². The molecule has 0 saturated heterocycles. The second-order valence-corrected chi connectivity index (χ2v) is 4.00. The average molecular weight is 241 g/mol. The minimum atomic E-state index is 0.340. The predicted octanol–water partition coefficient (Wildman–Crippen LogP) is 2.22. The number of aromatic nitrogens is 3. The first kappa shape index (κ1) is 10.3. The van der Waals surface area contributed by atoms with Crippen LogP contribution < -0.4 is 5.73 Å². The van der Waals surface area contributed by atoms with Crippen molar-refractivity contribution >= 4 is 29.3 Å². The van der Waals surface area contributed by atoms with Crippen LogP contribution in [0.15, 0.2) is 29.4 Å². The molecule has 15 heavy (non-hydrogen) atoms. The Hall–Kier alpha value is -1.20. The quantitative estimate of drug-likeness (QED) is 0.818.